The molecule has 0 fully saturated rings. The van der Waals surface area contributed by atoms with Gasteiger partial charge in [0.2, 0.25) is 0 Å². The molecule has 2 aromatic rings. The lowest BCUT2D eigenvalue weighted by Crippen LogP contribution is -2.28. The van der Waals surface area contributed by atoms with E-state index in [4.69, 9.17) is 17.4 Å². The summed E-state index contributed by atoms with van der Waals surface area (Å²) in [6.07, 6.45) is 0. The average molecular weight is 313 g/mol. The monoisotopic (exact) mass is 313 g/mol. The topological polar surface area (TPSA) is 72.1 Å². The fraction of sp³-hybridized carbons (Fsp3) is 0.188. The van der Waals surface area contributed by atoms with Crippen molar-refractivity contribution < 1.29 is 9.53 Å². The molecule has 1 aromatic heterocycles. The summed E-state index contributed by atoms with van der Waals surface area (Å²) in [6, 6.07) is 10.5. The largest absolute Gasteiger partial charge is 0.761 e. The average Bonchev–Trinajstić information content (AvgIpc) is 2.49. The molecule has 0 aliphatic carbocycles. The smallest absolute Gasteiger partial charge is 0.338 e. The minimum absolute atomic E-state index is 0.0474. The molecular weight excluding hydrogens is 300 g/mol. The Morgan fingerprint density at radius 2 is 2.00 bits per heavy atom. The minimum atomic E-state index is -0.633. The lowest BCUT2D eigenvalue weighted by atomic mass is 10.1. The van der Waals surface area contributed by atoms with E-state index in [2.05, 4.69) is 0 Å². The van der Waals surface area contributed by atoms with Crippen LogP contribution in [0.3, 0.4) is 0 Å². The molecule has 0 unspecified atom stereocenters. The predicted molar refractivity (Wildman–Crippen MR) is 83.1 cm³/mol. The van der Waals surface area contributed by atoms with E-state index in [-0.39, 0.29) is 28.3 Å². The minimum Gasteiger partial charge on any atom is -0.761 e. The molecule has 5 nitrogen and oxygen atoms in total. The third-order valence-electron chi connectivity index (χ3n) is 3.19. The first-order valence-corrected chi connectivity index (χ1v) is 7.03. The molecular formula is C16H13N2O3S-. The molecule has 0 radical (unpaired) electrons. The lowest BCUT2D eigenvalue weighted by molar-refractivity contribution is 0.0519. The number of carbonyl (C=O) groups excluding carboxylic acids is 1. The molecule has 0 saturated carbocycles. The van der Waals surface area contributed by atoms with Gasteiger partial charge >= 0.3 is 5.97 Å². The highest BCUT2D eigenvalue weighted by molar-refractivity contribution is 7.58. The number of para-hydroxylation sites is 1. The quantitative estimate of drug-likeness (QED) is 0.641. The summed E-state index contributed by atoms with van der Waals surface area (Å²) in [5.41, 5.74) is 0.185. The molecule has 0 aliphatic heterocycles. The highest BCUT2D eigenvalue weighted by Gasteiger charge is 2.20. The van der Waals surface area contributed by atoms with E-state index >= 15 is 0 Å². The lowest BCUT2D eigenvalue weighted by Gasteiger charge is -2.23. The van der Waals surface area contributed by atoms with Crippen molar-refractivity contribution in [1.29, 1.82) is 5.26 Å². The summed E-state index contributed by atoms with van der Waals surface area (Å²) < 4.78 is 6.18. The number of hydrogen-bond acceptors (Lipinski definition) is 5. The van der Waals surface area contributed by atoms with Gasteiger partial charge in [0.15, 0.2) is 0 Å². The third kappa shape index (κ3) is 2.59. The number of benzene rings is 1. The van der Waals surface area contributed by atoms with Gasteiger partial charge in [-0.25, -0.2) is 4.79 Å². The fourth-order valence-electron chi connectivity index (χ4n) is 2.15. The second kappa shape index (κ2) is 6.41. The Kier molecular flexibility index (Phi) is 4.59. The number of ether oxygens (including phenoxy) is 1. The molecule has 6 heteroatoms. The van der Waals surface area contributed by atoms with E-state index in [0.29, 0.717) is 5.69 Å². The van der Waals surface area contributed by atoms with E-state index in [9.17, 15) is 14.9 Å². The summed E-state index contributed by atoms with van der Waals surface area (Å²) in [5.74, 6) is -0.633. The molecule has 0 atom stereocenters. The molecule has 0 spiro atoms. The maximum atomic E-state index is 12.5. The van der Waals surface area contributed by atoms with E-state index in [1.54, 1.807) is 37.3 Å². The standard InChI is InChI=1S/C16H14N2O3S/c1-3-21-16(20)13-10(2)12(9-17)14(19)18(15(13)22)11-7-5-4-6-8-11/h4-8,22H,3H2,1-2H3/p-1. The highest BCUT2D eigenvalue weighted by Crippen LogP contribution is 2.20. The van der Waals surface area contributed by atoms with Crippen LogP contribution >= 0.6 is 0 Å². The summed E-state index contributed by atoms with van der Waals surface area (Å²) in [7, 11) is 0. The second-order valence-corrected chi connectivity index (χ2v) is 4.88. The first-order chi connectivity index (χ1) is 10.5. The van der Waals surface area contributed by atoms with E-state index in [1.165, 1.54) is 11.5 Å². The zero-order chi connectivity index (χ0) is 16.3. The molecule has 112 valence electrons. The normalized spacial score (nSPS) is 10.0. The Morgan fingerprint density at radius 3 is 2.55 bits per heavy atom. The number of pyridine rings is 1. The van der Waals surface area contributed by atoms with Crippen molar-refractivity contribution in [1.82, 2.24) is 4.57 Å². The number of carbonyl (C=O) groups is 1. The first-order valence-electron chi connectivity index (χ1n) is 6.62. The Balaban J connectivity index is 2.86. The van der Waals surface area contributed by atoms with Gasteiger partial charge in [0, 0.05) is 5.69 Å². The van der Waals surface area contributed by atoms with Crippen molar-refractivity contribution in [2.24, 2.45) is 0 Å². The maximum Gasteiger partial charge on any atom is 0.338 e. The van der Waals surface area contributed by atoms with E-state index < -0.39 is 11.5 Å². The van der Waals surface area contributed by atoms with Gasteiger partial charge in [0.25, 0.3) is 5.56 Å². The first kappa shape index (κ1) is 15.7. The summed E-state index contributed by atoms with van der Waals surface area (Å²) >= 11 is 5.30. The number of nitriles is 1. The second-order valence-electron chi connectivity index (χ2n) is 4.49. The van der Waals surface area contributed by atoms with Gasteiger partial charge in [-0.1, -0.05) is 23.2 Å². The van der Waals surface area contributed by atoms with Crippen molar-refractivity contribution in [2.75, 3.05) is 6.61 Å². The van der Waals surface area contributed by atoms with Crippen molar-refractivity contribution in [3.05, 3.63) is 57.4 Å². The van der Waals surface area contributed by atoms with Gasteiger partial charge in [-0.05, 0) is 31.5 Å². The predicted octanol–water partition coefficient (Wildman–Crippen LogP) is 2.10. The number of hydrogen-bond donors (Lipinski definition) is 0. The Morgan fingerprint density at radius 1 is 1.36 bits per heavy atom. The van der Waals surface area contributed by atoms with Crippen LogP contribution in [0.1, 0.15) is 28.4 Å². The van der Waals surface area contributed by atoms with Crippen LogP contribution in [0.25, 0.3) is 5.69 Å². The van der Waals surface area contributed by atoms with Crippen LogP contribution in [0.15, 0.2) is 40.2 Å². The van der Waals surface area contributed by atoms with Crippen molar-refractivity contribution >= 4 is 18.6 Å². The van der Waals surface area contributed by atoms with Crippen molar-refractivity contribution in [2.45, 2.75) is 18.9 Å². The fourth-order valence-corrected chi connectivity index (χ4v) is 2.57. The van der Waals surface area contributed by atoms with Crippen LogP contribution < -0.4 is 5.56 Å². The van der Waals surface area contributed by atoms with Crippen LogP contribution in [0.2, 0.25) is 0 Å². The number of rotatable bonds is 3. The van der Waals surface area contributed by atoms with Crippen LogP contribution in [-0.2, 0) is 17.4 Å². The van der Waals surface area contributed by atoms with Crippen LogP contribution in [0, 0.1) is 18.3 Å². The molecule has 1 heterocycles. The molecule has 0 saturated heterocycles. The van der Waals surface area contributed by atoms with E-state index in [1.807, 2.05) is 6.07 Å². The molecule has 0 N–H and O–H groups in total. The van der Waals surface area contributed by atoms with Crippen LogP contribution in [0.5, 0.6) is 0 Å². The number of aromatic nitrogens is 1. The molecule has 2 rings (SSSR count). The maximum absolute atomic E-state index is 12.5. The SMILES string of the molecule is CCOC(=O)c1c(C)c(C#N)c(=O)n(-c2ccccc2)c1[S-]. The molecule has 0 aliphatic rings. The Bertz CT molecular complexity index is 820. The van der Waals surface area contributed by atoms with Gasteiger partial charge < -0.3 is 21.9 Å². The van der Waals surface area contributed by atoms with Crippen LogP contribution in [-0.4, -0.2) is 17.1 Å². The van der Waals surface area contributed by atoms with Gasteiger partial charge in [-0.2, -0.15) is 5.26 Å². The Hall–Kier alpha value is -2.65. The van der Waals surface area contributed by atoms with Gasteiger partial charge in [0.1, 0.15) is 11.6 Å². The zero-order valence-electron chi connectivity index (χ0n) is 12.1. The Labute approximate surface area is 133 Å². The molecule has 0 amide bonds. The van der Waals surface area contributed by atoms with Crippen molar-refractivity contribution in [3.8, 4) is 11.8 Å². The summed E-state index contributed by atoms with van der Waals surface area (Å²) in [5, 5.41) is 9.30. The van der Waals surface area contributed by atoms with Gasteiger partial charge in [-0.3, -0.25) is 4.79 Å². The summed E-state index contributed by atoms with van der Waals surface area (Å²) in [6.45, 7) is 3.38. The van der Waals surface area contributed by atoms with Gasteiger partial charge in [-0.15, -0.1) is 0 Å². The highest BCUT2D eigenvalue weighted by atomic mass is 32.1. The molecule has 22 heavy (non-hydrogen) atoms. The molecule has 1 aromatic carbocycles. The van der Waals surface area contributed by atoms with Crippen LogP contribution in [0.4, 0.5) is 0 Å². The van der Waals surface area contributed by atoms with Gasteiger partial charge in [0.05, 0.1) is 12.2 Å². The van der Waals surface area contributed by atoms with Crippen molar-refractivity contribution in [3.63, 3.8) is 0 Å². The zero-order valence-corrected chi connectivity index (χ0v) is 12.9. The summed E-state index contributed by atoms with van der Waals surface area (Å²) in [4.78, 5) is 24.6. The third-order valence-corrected chi connectivity index (χ3v) is 3.58. The number of nitrogens with zero attached hydrogens (tertiary/aromatic N) is 2. The molecule has 0 bridgehead atoms. The number of esters is 1. The van der Waals surface area contributed by atoms with E-state index in [0.717, 1.165) is 0 Å².